The quantitative estimate of drug-likeness (QED) is 0.388. The van der Waals surface area contributed by atoms with E-state index in [1.807, 2.05) is 31.2 Å². The number of carbonyl (C=O) groups is 1. The average molecular weight is 318 g/mol. The third kappa shape index (κ3) is 4.21. The molecule has 2 rings (SSSR count). The number of H-pyrrole nitrogens is 1. The summed E-state index contributed by atoms with van der Waals surface area (Å²) in [6, 6.07) is 7.98. The maximum absolute atomic E-state index is 12.1. The summed E-state index contributed by atoms with van der Waals surface area (Å²) in [5.41, 5.74) is 8.44. The fourth-order valence-corrected chi connectivity index (χ4v) is 2.47. The molecule has 1 aromatic heterocycles. The zero-order chi connectivity index (χ0) is 15.9. The molecule has 118 valence electrons. The smallest absolute Gasteiger partial charge is 0.242 e. The van der Waals surface area contributed by atoms with Gasteiger partial charge in [0.1, 0.15) is 0 Å². The number of fused-ring (bicyclic) bond motifs is 1. The van der Waals surface area contributed by atoms with E-state index in [9.17, 15) is 4.79 Å². The van der Waals surface area contributed by atoms with Crippen LogP contribution < -0.4 is 16.2 Å². The Kier molecular flexibility index (Phi) is 5.77. The molecule has 6 heteroatoms. The van der Waals surface area contributed by atoms with Crippen LogP contribution in [-0.4, -0.2) is 22.5 Å². The van der Waals surface area contributed by atoms with Gasteiger partial charge in [-0.3, -0.25) is 15.6 Å². The van der Waals surface area contributed by atoms with E-state index >= 15 is 0 Å². The van der Waals surface area contributed by atoms with Crippen LogP contribution in [0.4, 0.5) is 0 Å². The second kappa shape index (κ2) is 7.79. The molecule has 0 aliphatic heterocycles. The van der Waals surface area contributed by atoms with Crippen molar-refractivity contribution in [3.63, 3.8) is 0 Å². The van der Waals surface area contributed by atoms with E-state index < -0.39 is 0 Å². The molecule has 1 aromatic carbocycles. The Balaban J connectivity index is 1.89. The van der Waals surface area contributed by atoms with Crippen molar-refractivity contribution in [3.8, 4) is 0 Å². The van der Waals surface area contributed by atoms with E-state index in [-0.39, 0.29) is 5.91 Å². The fourth-order valence-electron chi connectivity index (χ4n) is 2.32. The third-order valence-corrected chi connectivity index (χ3v) is 3.74. The van der Waals surface area contributed by atoms with Gasteiger partial charge in [-0.25, -0.2) is 0 Å². The number of unbranched alkanes of at least 4 members (excludes halogenated alkanes) is 1. The lowest BCUT2D eigenvalue weighted by atomic mass is 10.1. The maximum Gasteiger partial charge on any atom is 0.242 e. The van der Waals surface area contributed by atoms with E-state index in [0.717, 1.165) is 41.5 Å². The summed E-state index contributed by atoms with van der Waals surface area (Å²) in [4.78, 5) is 15.4. The highest BCUT2D eigenvalue weighted by atomic mass is 32.1. The van der Waals surface area contributed by atoms with Gasteiger partial charge in [-0.1, -0.05) is 31.5 Å². The zero-order valence-electron chi connectivity index (χ0n) is 13.0. The van der Waals surface area contributed by atoms with Crippen LogP contribution in [0.3, 0.4) is 0 Å². The van der Waals surface area contributed by atoms with E-state index in [0.29, 0.717) is 11.5 Å². The lowest BCUT2D eigenvalue weighted by Gasteiger charge is -2.11. The maximum atomic E-state index is 12.1. The van der Waals surface area contributed by atoms with Crippen molar-refractivity contribution in [2.24, 2.45) is 0 Å². The number of aromatic amines is 1. The molecule has 1 heterocycles. The molecule has 0 atom stereocenters. The van der Waals surface area contributed by atoms with Crippen LogP contribution in [0.2, 0.25) is 0 Å². The summed E-state index contributed by atoms with van der Waals surface area (Å²) in [6.07, 6.45) is 2.45. The topological polar surface area (TPSA) is 68.9 Å². The van der Waals surface area contributed by atoms with Crippen LogP contribution in [0.5, 0.6) is 0 Å². The SMILES string of the molecule is CCCCNC(=S)NNC(=O)Cc1c(C)[nH]c2ccccc12. The van der Waals surface area contributed by atoms with Crippen LogP contribution in [0, 0.1) is 6.92 Å². The van der Waals surface area contributed by atoms with Gasteiger partial charge in [-0.15, -0.1) is 0 Å². The Morgan fingerprint density at radius 3 is 2.82 bits per heavy atom. The predicted molar refractivity (Wildman–Crippen MR) is 93.5 cm³/mol. The molecular weight excluding hydrogens is 296 g/mol. The van der Waals surface area contributed by atoms with Crippen LogP contribution in [-0.2, 0) is 11.2 Å². The van der Waals surface area contributed by atoms with Crippen molar-refractivity contribution in [2.75, 3.05) is 6.54 Å². The number of para-hydroxylation sites is 1. The van der Waals surface area contributed by atoms with Gasteiger partial charge in [0.2, 0.25) is 5.91 Å². The summed E-state index contributed by atoms with van der Waals surface area (Å²) in [5.74, 6) is -0.118. The van der Waals surface area contributed by atoms with Crippen molar-refractivity contribution >= 4 is 34.1 Å². The molecule has 0 aliphatic rings. The molecule has 0 spiro atoms. The minimum absolute atomic E-state index is 0.118. The lowest BCUT2D eigenvalue weighted by molar-refractivity contribution is -0.121. The Bertz CT molecular complexity index is 665. The van der Waals surface area contributed by atoms with Crippen molar-refractivity contribution in [1.29, 1.82) is 0 Å². The van der Waals surface area contributed by atoms with Gasteiger partial charge in [0, 0.05) is 23.1 Å². The number of aromatic nitrogens is 1. The second-order valence-electron chi connectivity index (χ2n) is 5.23. The summed E-state index contributed by atoms with van der Waals surface area (Å²) in [7, 11) is 0. The van der Waals surface area contributed by atoms with Gasteiger partial charge in [-0.05, 0) is 37.2 Å². The molecular formula is C16H22N4OS. The Labute approximate surface area is 135 Å². The molecule has 4 N–H and O–H groups in total. The molecule has 0 fully saturated rings. The number of aryl methyl sites for hydroxylation is 1. The minimum atomic E-state index is -0.118. The number of carbonyl (C=O) groups excluding carboxylic acids is 1. The molecule has 0 radical (unpaired) electrons. The number of hydrogen-bond donors (Lipinski definition) is 4. The molecule has 0 saturated carbocycles. The summed E-state index contributed by atoms with van der Waals surface area (Å²) in [5, 5.41) is 4.56. The Morgan fingerprint density at radius 2 is 2.05 bits per heavy atom. The number of amides is 1. The Hall–Kier alpha value is -2.08. The van der Waals surface area contributed by atoms with Crippen LogP contribution in [0.25, 0.3) is 10.9 Å². The van der Waals surface area contributed by atoms with Gasteiger partial charge in [0.05, 0.1) is 6.42 Å². The third-order valence-electron chi connectivity index (χ3n) is 3.50. The zero-order valence-corrected chi connectivity index (χ0v) is 13.8. The highest BCUT2D eigenvalue weighted by Crippen LogP contribution is 2.21. The molecule has 5 nitrogen and oxygen atoms in total. The largest absolute Gasteiger partial charge is 0.361 e. The first-order chi connectivity index (χ1) is 10.6. The fraction of sp³-hybridized carbons (Fsp3) is 0.375. The number of hydrazine groups is 1. The predicted octanol–water partition coefficient (Wildman–Crippen LogP) is 2.31. The number of nitrogens with one attached hydrogen (secondary N) is 4. The van der Waals surface area contributed by atoms with Crippen LogP contribution in [0.1, 0.15) is 31.0 Å². The average Bonchev–Trinajstić information content (AvgIpc) is 2.82. The standard InChI is InChI=1S/C16H22N4OS/c1-3-4-9-17-16(22)20-19-15(21)10-13-11(2)18-14-8-6-5-7-12(13)14/h5-8,18H,3-4,9-10H2,1-2H3,(H,19,21)(H2,17,20,22). The number of hydrogen-bond acceptors (Lipinski definition) is 2. The second-order valence-corrected chi connectivity index (χ2v) is 5.64. The monoisotopic (exact) mass is 318 g/mol. The normalized spacial score (nSPS) is 10.5. The highest BCUT2D eigenvalue weighted by Gasteiger charge is 2.12. The van der Waals surface area contributed by atoms with Gasteiger partial charge in [-0.2, -0.15) is 0 Å². The van der Waals surface area contributed by atoms with E-state index in [4.69, 9.17) is 12.2 Å². The van der Waals surface area contributed by atoms with Gasteiger partial charge < -0.3 is 10.3 Å². The molecule has 0 aliphatic carbocycles. The summed E-state index contributed by atoms with van der Waals surface area (Å²) in [6.45, 7) is 4.90. The van der Waals surface area contributed by atoms with Crippen LogP contribution >= 0.6 is 12.2 Å². The van der Waals surface area contributed by atoms with Gasteiger partial charge >= 0.3 is 0 Å². The van der Waals surface area contributed by atoms with E-state index in [1.54, 1.807) is 0 Å². The van der Waals surface area contributed by atoms with Crippen molar-refractivity contribution < 1.29 is 4.79 Å². The summed E-state index contributed by atoms with van der Waals surface area (Å²) < 4.78 is 0. The van der Waals surface area contributed by atoms with Crippen molar-refractivity contribution in [1.82, 2.24) is 21.2 Å². The van der Waals surface area contributed by atoms with Crippen molar-refractivity contribution in [3.05, 3.63) is 35.5 Å². The first-order valence-corrected chi connectivity index (χ1v) is 7.91. The van der Waals surface area contributed by atoms with E-state index in [1.165, 1.54) is 0 Å². The number of thiocarbonyl (C=S) groups is 1. The number of benzene rings is 1. The van der Waals surface area contributed by atoms with E-state index in [2.05, 4.69) is 28.1 Å². The van der Waals surface area contributed by atoms with Gasteiger partial charge in [0.25, 0.3) is 0 Å². The molecule has 0 unspecified atom stereocenters. The van der Waals surface area contributed by atoms with Gasteiger partial charge in [0.15, 0.2) is 5.11 Å². The highest BCUT2D eigenvalue weighted by molar-refractivity contribution is 7.80. The first-order valence-electron chi connectivity index (χ1n) is 7.50. The molecule has 2 aromatic rings. The minimum Gasteiger partial charge on any atom is -0.361 e. The molecule has 22 heavy (non-hydrogen) atoms. The van der Waals surface area contributed by atoms with Crippen molar-refractivity contribution in [2.45, 2.75) is 33.1 Å². The molecule has 1 amide bonds. The first kappa shape index (κ1) is 16.3. The molecule has 0 bridgehead atoms. The lowest BCUT2D eigenvalue weighted by Crippen LogP contribution is -2.47. The summed E-state index contributed by atoms with van der Waals surface area (Å²) >= 11 is 5.09. The van der Waals surface area contributed by atoms with Crippen LogP contribution in [0.15, 0.2) is 24.3 Å². The number of rotatable bonds is 5. The molecule has 0 saturated heterocycles. The Morgan fingerprint density at radius 1 is 1.27 bits per heavy atom.